The zero-order valence-electron chi connectivity index (χ0n) is 13.2. The van der Waals surface area contributed by atoms with Gasteiger partial charge in [-0.2, -0.15) is 18.3 Å². The van der Waals surface area contributed by atoms with Crippen LogP contribution in [0, 0.1) is 0 Å². The fraction of sp³-hybridized carbons (Fsp3) is 0.412. The molecule has 2 aromatic rings. The highest BCUT2D eigenvalue weighted by molar-refractivity contribution is 5.95. The number of hydrogen-bond donors (Lipinski definition) is 1. The van der Waals surface area contributed by atoms with E-state index in [1.165, 1.54) is 0 Å². The molecule has 4 nitrogen and oxygen atoms in total. The van der Waals surface area contributed by atoms with Gasteiger partial charge in [-0.25, -0.2) is 0 Å². The summed E-state index contributed by atoms with van der Waals surface area (Å²) in [6.07, 6.45) is -1.10. The van der Waals surface area contributed by atoms with E-state index >= 15 is 0 Å². The van der Waals surface area contributed by atoms with Gasteiger partial charge < -0.3 is 5.32 Å². The first-order chi connectivity index (χ1) is 11.4. The van der Waals surface area contributed by atoms with E-state index in [2.05, 4.69) is 10.4 Å². The summed E-state index contributed by atoms with van der Waals surface area (Å²) in [5.74, 6) is -0.733. The SMILES string of the molecule is CCn1ncc(C(=O)N[C@H]2CCCc3ccccc32)c1C(F)(F)F. The third-order valence-electron chi connectivity index (χ3n) is 4.33. The Balaban J connectivity index is 1.88. The molecule has 1 aromatic carbocycles. The van der Waals surface area contributed by atoms with Crippen molar-refractivity contribution in [2.75, 3.05) is 0 Å². The molecule has 0 bridgehead atoms. The Hall–Kier alpha value is -2.31. The highest BCUT2D eigenvalue weighted by Gasteiger charge is 2.40. The molecule has 0 radical (unpaired) electrons. The summed E-state index contributed by atoms with van der Waals surface area (Å²) >= 11 is 0. The van der Waals surface area contributed by atoms with E-state index in [0.29, 0.717) is 6.42 Å². The lowest BCUT2D eigenvalue weighted by molar-refractivity contribution is -0.144. The molecule has 1 N–H and O–H groups in total. The number of aromatic nitrogens is 2. The van der Waals surface area contributed by atoms with Crippen LogP contribution in [0.15, 0.2) is 30.5 Å². The van der Waals surface area contributed by atoms with E-state index < -0.39 is 23.3 Å². The van der Waals surface area contributed by atoms with Gasteiger partial charge >= 0.3 is 6.18 Å². The quantitative estimate of drug-likeness (QED) is 0.928. The zero-order chi connectivity index (χ0) is 17.3. The van der Waals surface area contributed by atoms with Gasteiger partial charge in [0.05, 0.1) is 17.8 Å². The van der Waals surface area contributed by atoms with Crippen LogP contribution in [0.3, 0.4) is 0 Å². The number of nitrogens with zero attached hydrogens (tertiary/aromatic N) is 2. The van der Waals surface area contributed by atoms with Crippen LogP contribution in [-0.2, 0) is 19.1 Å². The average Bonchev–Trinajstić information content (AvgIpc) is 3.00. The van der Waals surface area contributed by atoms with Crippen molar-refractivity contribution < 1.29 is 18.0 Å². The van der Waals surface area contributed by atoms with Crippen LogP contribution in [-0.4, -0.2) is 15.7 Å². The largest absolute Gasteiger partial charge is 0.433 e. The minimum absolute atomic E-state index is 0.0500. The summed E-state index contributed by atoms with van der Waals surface area (Å²) in [5.41, 5.74) is 0.696. The number of alkyl halides is 3. The summed E-state index contributed by atoms with van der Waals surface area (Å²) in [7, 11) is 0. The number of carbonyl (C=O) groups is 1. The fourth-order valence-corrected chi connectivity index (χ4v) is 3.23. The lowest BCUT2D eigenvalue weighted by atomic mass is 9.87. The van der Waals surface area contributed by atoms with Crippen molar-refractivity contribution in [3.05, 3.63) is 52.8 Å². The lowest BCUT2D eigenvalue weighted by Gasteiger charge is -2.26. The van der Waals surface area contributed by atoms with Gasteiger partial charge in [0, 0.05) is 6.54 Å². The van der Waals surface area contributed by atoms with Crippen molar-refractivity contribution in [3.63, 3.8) is 0 Å². The lowest BCUT2D eigenvalue weighted by Crippen LogP contribution is -2.32. The molecular weight excluding hydrogens is 319 g/mol. The summed E-state index contributed by atoms with van der Waals surface area (Å²) in [6, 6.07) is 7.44. The number of nitrogens with one attached hydrogen (secondary N) is 1. The van der Waals surface area contributed by atoms with E-state index in [4.69, 9.17) is 0 Å². The number of hydrogen-bond acceptors (Lipinski definition) is 2. The first-order valence-corrected chi connectivity index (χ1v) is 7.93. The standard InChI is InChI=1S/C17H18F3N3O/c1-2-23-15(17(18,19)20)13(10-21-23)16(24)22-14-9-5-7-11-6-3-4-8-12(11)14/h3-4,6,8,10,14H,2,5,7,9H2,1H3,(H,22,24)/t14-/m0/s1. The molecule has 0 spiro atoms. The first-order valence-electron chi connectivity index (χ1n) is 7.93. The second-order valence-electron chi connectivity index (χ2n) is 5.84. The Morgan fingerprint density at radius 1 is 1.38 bits per heavy atom. The van der Waals surface area contributed by atoms with Crippen LogP contribution < -0.4 is 5.32 Å². The minimum Gasteiger partial charge on any atom is -0.345 e. The van der Waals surface area contributed by atoms with Gasteiger partial charge in [0.25, 0.3) is 5.91 Å². The molecule has 1 aromatic heterocycles. The molecule has 128 valence electrons. The highest BCUT2D eigenvalue weighted by Crippen LogP contribution is 2.33. The summed E-state index contributed by atoms with van der Waals surface area (Å²) < 4.78 is 40.6. The maximum absolute atomic E-state index is 13.3. The summed E-state index contributed by atoms with van der Waals surface area (Å²) in [6.45, 7) is 1.61. The number of carbonyl (C=O) groups excluding carboxylic acids is 1. The Labute approximate surface area is 137 Å². The number of fused-ring (bicyclic) bond motifs is 1. The number of halogens is 3. The Bertz CT molecular complexity index is 752. The van der Waals surface area contributed by atoms with Crippen molar-refractivity contribution in [1.82, 2.24) is 15.1 Å². The van der Waals surface area contributed by atoms with Crippen molar-refractivity contribution in [2.45, 2.75) is 44.9 Å². The molecular formula is C17H18F3N3O. The van der Waals surface area contributed by atoms with E-state index in [-0.39, 0.29) is 12.6 Å². The molecule has 7 heteroatoms. The van der Waals surface area contributed by atoms with Gasteiger partial charge in [-0.05, 0) is 37.3 Å². The van der Waals surface area contributed by atoms with Crippen LogP contribution in [0.4, 0.5) is 13.2 Å². The highest BCUT2D eigenvalue weighted by atomic mass is 19.4. The predicted molar refractivity (Wildman–Crippen MR) is 82.5 cm³/mol. The van der Waals surface area contributed by atoms with Crippen LogP contribution in [0.5, 0.6) is 0 Å². The van der Waals surface area contributed by atoms with Crippen molar-refractivity contribution in [3.8, 4) is 0 Å². The predicted octanol–water partition coefficient (Wildman–Crippen LogP) is 3.73. The number of benzene rings is 1. The Morgan fingerprint density at radius 2 is 2.12 bits per heavy atom. The van der Waals surface area contributed by atoms with Crippen molar-refractivity contribution >= 4 is 5.91 Å². The van der Waals surface area contributed by atoms with Gasteiger partial charge in [0.15, 0.2) is 5.69 Å². The van der Waals surface area contributed by atoms with Gasteiger partial charge in [0.1, 0.15) is 0 Å². The Kier molecular flexibility index (Phi) is 4.34. The van der Waals surface area contributed by atoms with Gasteiger partial charge in [-0.3, -0.25) is 9.48 Å². The smallest absolute Gasteiger partial charge is 0.345 e. The maximum atomic E-state index is 13.3. The molecule has 1 atom stereocenters. The number of rotatable bonds is 3. The normalized spacial score (nSPS) is 17.4. The summed E-state index contributed by atoms with van der Waals surface area (Å²) in [5, 5.41) is 6.44. The molecule has 24 heavy (non-hydrogen) atoms. The topological polar surface area (TPSA) is 46.9 Å². The van der Waals surface area contributed by atoms with Crippen LogP contribution in [0.2, 0.25) is 0 Å². The van der Waals surface area contributed by atoms with Gasteiger partial charge in [-0.15, -0.1) is 0 Å². The molecule has 0 unspecified atom stereocenters. The van der Waals surface area contributed by atoms with E-state index in [1.807, 2.05) is 24.3 Å². The third-order valence-corrected chi connectivity index (χ3v) is 4.33. The molecule has 3 rings (SSSR count). The van der Waals surface area contributed by atoms with E-state index in [0.717, 1.165) is 34.8 Å². The molecule has 0 saturated heterocycles. The van der Waals surface area contributed by atoms with Crippen molar-refractivity contribution in [1.29, 1.82) is 0 Å². The van der Waals surface area contributed by atoms with E-state index in [9.17, 15) is 18.0 Å². The molecule has 0 saturated carbocycles. The van der Waals surface area contributed by atoms with Crippen LogP contribution in [0.25, 0.3) is 0 Å². The maximum Gasteiger partial charge on any atom is 0.433 e. The fourth-order valence-electron chi connectivity index (χ4n) is 3.23. The molecule has 1 amide bonds. The molecule has 1 heterocycles. The van der Waals surface area contributed by atoms with Crippen LogP contribution in [0.1, 0.15) is 53.0 Å². The second-order valence-corrected chi connectivity index (χ2v) is 5.84. The molecule has 1 aliphatic rings. The first kappa shape index (κ1) is 16.5. The monoisotopic (exact) mass is 337 g/mol. The molecule has 1 aliphatic carbocycles. The molecule has 0 fully saturated rings. The second kappa shape index (κ2) is 6.30. The summed E-state index contributed by atoms with van der Waals surface area (Å²) in [4.78, 5) is 12.5. The van der Waals surface area contributed by atoms with E-state index in [1.54, 1.807) is 6.92 Å². The zero-order valence-corrected chi connectivity index (χ0v) is 13.2. The Morgan fingerprint density at radius 3 is 2.83 bits per heavy atom. The van der Waals surface area contributed by atoms with Crippen molar-refractivity contribution in [2.24, 2.45) is 0 Å². The van der Waals surface area contributed by atoms with Gasteiger partial charge in [0.2, 0.25) is 0 Å². The third kappa shape index (κ3) is 3.02. The average molecular weight is 337 g/mol. The van der Waals surface area contributed by atoms with Crippen LogP contribution >= 0.6 is 0 Å². The molecule has 0 aliphatic heterocycles. The number of aryl methyl sites for hydroxylation is 2. The number of amides is 1. The minimum atomic E-state index is -4.62. The van der Waals surface area contributed by atoms with Gasteiger partial charge in [-0.1, -0.05) is 24.3 Å².